The van der Waals surface area contributed by atoms with Gasteiger partial charge in [-0.15, -0.1) is 0 Å². The Morgan fingerprint density at radius 2 is 1.96 bits per heavy atom. The highest BCUT2D eigenvalue weighted by Crippen LogP contribution is 2.23. The van der Waals surface area contributed by atoms with Gasteiger partial charge in [0, 0.05) is 42.3 Å². The van der Waals surface area contributed by atoms with Crippen molar-refractivity contribution in [2.75, 3.05) is 5.32 Å². The molecule has 7 heteroatoms. The molecule has 0 aliphatic carbocycles. The summed E-state index contributed by atoms with van der Waals surface area (Å²) >= 11 is 0. The van der Waals surface area contributed by atoms with Crippen molar-refractivity contribution in [1.29, 1.82) is 0 Å². The first-order valence-electron chi connectivity index (χ1n) is 7.22. The second-order valence-electron chi connectivity index (χ2n) is 5.42. The number of fused-ring (bicyclic) bond motifs is 1. The van der Waals surface area contributed by atoms with E-state index in [0.717, 1.165) is 39.5 Å². The Labute approximate surface area is 132 Å². The molecule has 0 fully saturated rings. The van der Waals surface area contributed by atoms with Crippen LogP contribution in [0.15, 0.2) is 42.9 Å². The minimum Gasteiger partial charge on any atom is -0.323 e. The average Bonchev–Trinajstić information content (AvgIpc) is 3.15. The molecule has 0 saturated heterocycles. The molecule has 114 valence electrons. The molecule has 0 aliphatic rings. The maximum atomic E-state index is 4.62. The predicted molar refractivity (Wildman–Crippen MR) is 88.3 cm³/mol. The molecule has 0 amide bonds. The number of aryl methyl sites for hydroxylation is 2. The largest absolute Gasteiger partial charge is 0.323 e. The van der Waals surface area contributed by atoms with E-state index in [4.69, 9.17) is 0 Å². The van der Waals surface area contributed by atoms with Crippen LogP contribution < -0.4 is 5.32 Å². The number of H-pyrrole nitrogens is 1. The maximum Gasteiger partial charge on any atom is 0.153 e. The van der Waals surface area contributed by atoms with Gasteiger partial charge in [0.1, 0.15) is 5.82 Å². The van der Waals surface area contributed by atoms with Gasteiger partial charge in [0.2, 0.25) is 0 Å². The first-order valence-corrected chi connectivity index (χ1v) is 7.22. The zero-order valence-electron chi connectivity index (χ0n) is 12.8. The van der Waals surface area contributed by atoms with Gasteiger partial charge in [0.05, 0.1) is 17.2 Å². The van der Waals surface area contributed by atoms with Crippen molar-refractivity contribution in [3.63, 3.8) is 0 Å². The number of nitrogens with zero attached hydrogens (tertiary/aromatic N) is 5. The summed E-state index contributed by atoms with van der Waals surface area (Å²) in [4.78, 5) is 9.09. The quantitative estimate of drug-likeness (QED) is 0.608. The van der Waals surface area contributed by atoms with Crippen molar-refractivity contribution in [3.05, 3.63) is 48.5 Å². The van der Waals surface area contributed by atoms with Crippen LogP contribution in [0.25, 0.3) is 22.2 Å². The minimum absolute atomic E-state index is 0.731. The summed E-state index contributed by atoms with van der Waals surface area (Å²) in [6, 6.07) is 7.77. The van der Waals surface area contributed by atoms with E-state index in [1.165, 1.54) is 0 Å². The standard InChI is InChI=1S/C16H15N7/c1-10-5-16(22-21-10)20-15-4-3-13-14(19-15)6-11(7-17-13)12-8-18-23(2)9-12/h3-9H,1-2H3,(H2,19,20,21,22). The fourth-order valence-electron chi connectivity index (χ4n) is 2.42. The fraction of sp³-hybridized carbons (Fsp3) is 0.125. The van der Waals surface area contributed by atoms with Gasteiger partial charge in [-0.25, -0.2) is 4.98 Å². The van der Waals surface area contributed by atoms with Crippen molar-refractivity contribution >= 4 is 22.7 Å². The van der Waals surface area contributed by atoms with E-state index in [1.807, 2.05) is 56.8 Å². The molecule has 2 N–H and O–H groups in total. The molecular formula is C16H15N7. The number of nitrogens with one attached hydrogen (secondary N) is 2. The number of hydrogen-bond acceptors (Lipinski definition) is 5. The second-order valence-corrected chi connectivity index (χ2v) is 5.42. The van der Waals surface area contributed by atoms with Crippen molar-refractivity contribution in [2.45, 2.75) is 6.92 Å². The van der Waals surface area contributed by atoms with Crippen LogP contribution in [-0.2, 0) is 7.05 Å². The second kappa shape index (κ2) is 5.20. The Balaban J connectivity index is 1.71. The number of hydrogen-bond donors (Lipinski definition) is 2. The zero-order valence-corrected chi connectivity index (χ0v) is 12.8. The SMILES string of the molecule is Cc1cc(Nc2ccc3ncc(-c4cnn(C)c4)cc3n2)n[nH]1. The van der Waals surface area contributed by atoms with Gasteiger partial charge < -0.3 is 5.32 Å². The molecule has 0 saturated carbocycles. The highest BCUT2D eigenvalue weighted by atomic mass is 15.2. The zero-order chi connectivity index (χ0) is 15.8. The van der Waals surface area contributed by atoms with Crippen LogP contribution in [0, 0.1) is 6.92 Å². The molecule has 0 atom stereocenters. The summed E-state index contributed by atoms with van der Waals surface area (Å²) in [6.45, 7) is 1.95. The summed E-state index contributed by atoms with van der Waals surface area (Å²) in [5.41, 5.74) is 4.68. The summed E-state index contributed by atoms with van der Waals surface area (Å²) in [5.74, 6) is 1.47. The lowest BCUT2D eigenvalue weighted by atomic mass is 10.1. The Morgan fingerprint density at radius 1 is 1.04 bits per heavy atom. The molecule has 0 unspecified atom stereocenters. The van der Waals surface area contributed by atoms with Gasteiger partial charge in [-0.2, -0.15) is 10.2 Å². The highest BCUT2D eigenvalue weighted by molar-refractivity contribution is 5.81. The summed E-state index contributed by atoms with van der Waals surface area (Å²) in [7, 11) is 1.89. The highest BCUT2D eigenvalue weighted by Gasteiger charge is 2.06. The third kappa shape index (κ3) is 2.64. The molecule has 4 aromatic heterocycles. The summed E-state index contributed by atoms with van der Waals surface area (Å²) in [6.07, 6.45) is 5.61. The predicted octanol–water partition coefficient (Wildman–Crippen LogP) is 2.81. The van der Waals surface area contributed by atoms with E-state index in [-0.39, 0.29) is 0 Å². The topological polar surface area (TPSA) is 84.3 Å². The Bertz CT molecular complexity index is 983. The molecule has 7 nitrogen and oxygen atoms in total. The average molecular weight is 305 g/mol. The molecule has 0 spiro atoms. The number of pyridine rings is 2. The van der Waals surface area contributed by atoms with Crippen LogP contribution in [0.4, 0.5) is 11.6 Å². The van der Waals surface area contributed by atoms with Gasteiger partial charge in [-0.1, -0.05) is 0 Å². The van der Waals surface area contributed by atoms with Crippen molar-refractivity contribution in [3.8, 4) is 11.1 Å². The van der Waals surface area contributed by atoms with E-state index in [1.54, 1.807) is 4.68 Å². The molecule has 4 heterocycles. The first kappa shape index (κ1) is 13.4. The number of anilines is 2. The van der Waals surface area contributed by atoms with Crippen molar-refractivity contribution < 1.29 is 0 Å². The number of rotatable bonds is 3. The lowest BCUT2D eigenvalue weighted by Gasteiger charge is -2.05. The number of aromatic nitrogens is 6. The Hall–Kier alpha value is -3.22. The molecule has 4 aromatic rings. The molecule has 23 heavy (non-hydrogen) atoms. The van der Waals surface area contributed by atoms with Gasteiger partial charge >= 0.3 is 0 Å². The Morgan fingerprint density at radius 3 is 2.70 bits per heavy atom. The first-order chi connectivity index (χ1) is 11.2. The monoisotopic (exact) mass is 305 g/mol. The van der Waals surface area contributed by atoms with Crippen LogP contribution >= 0.6 is 0 Å². The molecule has 4 rings (SSSR count). The molecule has 0 aromatic carbocycles. The smallest absolute Gasteiger partial charge is 0.153 e. The van der Waals surface area contributed by atoms with E-state index in [9.17, 15) is 0 Å². The summed E-state index contributed by atoms with van der Waals surface area (Å²) in [5, 5.41) is 14.4. The van der Waals surface area contributed by atoms with Crippen LogP contribution in [0.1, 0.15) is 5.69 Å². The molecule has 0 aliphatic heterocycles. The third-order valence-corrected chi connectivity index (χ3v) is 3.54. The lowest BCUT2D eigenvalue weighted by molar-refractivity contribution is 0.768. The van der Waals surface area contributed by atoms with Crippen molar-refractivity contribution in [2.24, 2.45) is 7.05 Å². The van der Waals surface area contributed by atoms with Gasteiger partial charge in [-0.05, 0) is 25.1 Å². The van der Waals surface area contributed by atoms with Gasteiger partial charge in [-0.3, -0.25) is 14.8 Å². The Kier molecular flexibility index (Phi) is 3.04. The van der Waals surface area contributed by atoms with E-state index >= 15 is 0 Å². The number of aromatic amines is 1. The minimum atomic E-state index is 0.731. The third-order valence-electron chi connectivity index (χ3n) is 3.54. The van der Waals surface area contributed by atoms with Gasteiger partial charge in [0.25, 0.3) is 0 Å². The van der Waals surface area contributed by atoms with Crippen LogP contribution in [0.3, 0.4) is 0 Å². The van der Waals surface area contributed by atoms with E-state index in [2.05, 4.69) is 30.6 Å². The molecular weight excluding hydrogens is 290 g/mol. The van der Waals surface area contributed by atoms with Crippen LogP contribution in [0.2, 0.25) is 0 Å². The van der Waals surface area contributed by atoms with E-state index in [0.29, 0.717) is 0 Å². The van der Waals surface area contributed by atoms with Crippen LogP contribution in [0.5, 0.6) is 0 Å². The molecule has 0 radical (unpaired) electrons. The summed E-state index contributed by atoms with van der Waals surface area (Å²) < 4.78 is 1.77. The van der Waals surface area contributed by atoms with Crippen molar-refractivity contribution in [1.82, 2.24) is 29.9 Å². The fourth-order valence-corrected chi connectivity index (χ4v) is 2.42. The van der Waals surface area contributed by atoms with Gasteiger partial charge in [0.15, 0.2) is 5.82 Å². The van der Waals surface area contributed by atoms with E-state index < -0.39 is 0 Å². The van der Waals surface area contributed by atoms with Crippen LogP contribution in [-0.4, -0.2) is 29.9 Å². The molecule has 0 bridgehead atoms. The normalized spacial score (nSPS) is 11.0. The lowest BCUT2D eigenvalue weighted by Crippen LogP contribution is -1.95. The maximum absolute atomic E-state index is 4.62.